The summed E-state index contributed by atoms with van der Waals surface area (Å²) >= 11 is 0. The molecule has 0 aromatic heterocycles. The number of unbranched alkanes of at least 4 members (excludes halogenated alkanes) is 3. The van der Waals surface area contributed by atoms with Gasteiger partial charge in [0.15, 0.2) is 0 Å². The molecule has 0 saturated heterocycles. The average Bonchev–Trinajstić information content (AvgIpc) is 2.48. The van der Waals surface area contributed by atoms with Gasteiger partial charge in [-0.15, -0.1) is 0 Å². The molecule has 1 heteroatoms. The van der Waals surface area contributed by atoms with E-state index in [1.807, 2.05) is 30.3 Å². The zero-order valence-electron chi connectivity index (χ0n) is 12.5. The minimum absolute atomic E-state index is 0.396. The molecule has 0 bridgehead atoms. The predicted octanol–water partition coefficient (Wildman–Crippen LogP) is 5.49. The van der Waals surface area contributed by atoms with Crippen molar-refractivity contribution in [2.75, 3.05) is 0 Å². The Kier molecular flexibility index (Phi) is 5.23. The number of hydrogen-bond donors (Lipinski definition) is 1. The highest BCUT2D eigenvalue weighted by molar-refractivity contribution is 5.74. The number of rotatable bonds is 6. The van der Waals surface area contributed by atoms with Crippen molar-refractivity contribution in [2.24, 2.45) is 0 Å². The van der Waals surface area contributed by atoms with Gasteiger partial charge in [-0.05, 0) is 42.5 Å². The predicted molar refractivity (Wildman–Crippen MR) is 86.1 cm³/mol. The van der Waals surface area contributed by atoms with Gasteiger partial charge in [-0.3, -0.25) is 0 Å². The third kappa shape index (κ3) is 3.41. The van der Waals surface area contributed by atoms with Crippen molar-refractivity contribution >= 4 is 0 Å². The minimum Gasteiger partial charge on any atom is -0.507 e. The summed E-state index contributed by atoms with van der Waals surface area (Å²) in [5.41, 5.74) is 4.70. The maximum atomic E-state index is 10.3. The summed E-state index contributed by atoms with van der Waals surface area (Å²) in [5.74, 6) is 0.396. The Labute approximate surface area is 122 Å². The van der Waals surface area contributed by atoms with E-state index >= 15 is 0 Å². The van der Waals surface area contributed by atoms with E-state index in [-0.39, 0.29) is 0 Å². The van der Waals surface area contributed by atoms with Gasteiger partial charge >= 0.3 is 0 Å². The van der Waals surface area contributed by atoms with Crippen molar-refractivity contribution in [3.63, 3.8) is 0 Å². The lowest BCUT2D eigenvalue weighted by atomic mass is 9.91. The molecule has 0 aliphatic heterocycles. The Balaban J connectivity index is 2.32. The van der Waals surface area contributed by atoms with Gasteiger partial charge in [-0.25, -0.2) is 0 Å². The van der Waals surface area contributed by atoms with E-state index in [0.29, 0.717) is 5.75 Å². The molecule has 0 spiro atoms. The van der Waals surface area contributed by atoms with E-state index < -0.39 is 0 Å². The largest absolute Gasteiger partial charge is 0.507 e. The zero-order valence-corrected chi connectivity index (χ0v) is 12.5. The Morgan fingerprint density at radius 2 is 1.65 bits per heavy atom. The van der Waals surface area contributed by atoms with Crippen molar-refractivity contribution in [3.05, 3.63) is 53.6 Å². The number of aromatic hydroxyl groups is 1. The summed E-state index contributed by atoms with van der Waals surface area (Å²) in [5, 5.41) is 10.3. The Bertz CT molecular complexity index is 543. The second-order valence-electron chi connectivity index (χ2n) is 5.43. The molecule has 2 aromatic carbocycles. The fourth-order valence-electron chi connectivity index (χ4n) is 2.72. The second-order valence-corrected chi connectivity index (χ2v) is 5.43. The van der Waals surface area contributed by atoms with E-state index in [0.717, 1.165) is 17.5 Å². The topological polar surface area (TPSA) is 20.2 Å². The molecule has 0 atom stereocenters. The number of benzene rings is 2. The average molecular weight is 268 g/mol. The summed E-state index contributed by atoms with van der Waals surface area (Å²) in [6, 6.07) is 14.0. The summed E-state index contributed by atoms with van der Waals surface area (Å²) in [6.45, 7) is 4.37. The summed E-state index contributed by atoms with van der Waals surface area (Å²) in [7, 11) is 0. The highest BCUT2D eigenvalue weighted by atomic mass is 16.3. The van der Waals surface area contributed by atoms with E-state index in [9.17, 15) is 5.11 Å². The number of hydrogen-bond acceptors (Lipinski definition) is 1. The van der Waals surface area contributed by atoms with Crippen LogP contribution in [-0.2, 0) is 6.42 Å². The van der Waals surface area contributed by atoms with Crippen molar-refractivity contribution in [3.8, 4) is 16.9 Å². The van der Waals surface area contributed by atoms with Crippen molar-refractivity contribution in [1.82, 2.24) is 0 Å². The van der Waals surface area contributed by atoms with Crippen LogP contribution in [-0.4, -0.2) is 5.11 Å². The molecule has 0 aliphatic carbocycles. The maximum Gasteiger partial charge on any atom is 0.123 e. The van der Waals surface area contributed by atoms with Crippen molar-refractivity contribution < 1.29 is 5.11 Å². The van der Waals surface area contributed by atoms with Crippen LogP contribution in [0.5, 0.6) is 5.75 Å². The smallest absolute Gasteiger partial charge is 0.123 e. The molecule has 0 heterocycles. The standard InChI is InChI=1S/C19H24O/c1-3-4-5-9-12-17-15(2)13-14-18(20)19(17)16-10-7-6-8-11-16/h6-8,10-11,13-14,20H,3-5,9,12H2,1-2H3. The molecule has 0 saturated carbocycles. The van der Waals surface area contributed by atoms with Crippen LogP contribution in [0.2, 0.25) is 0 Å². The number of aryl methyl sites for hydroxylation is 1. The third-order valence-corrected chi connectivity index (χ3v) is 3.87. The molecular weight excluding hydrogens is 244 g/mol. The Morgan fingerprint density at radius 1 is 0.900 bits per heavy atom. The normalized spacial score (nSPS) is 10.7. The fraction of sp³-hybridized carbons (Fsp3) is 0.368. The van der Waals surface area contributed by atoms with Crippen LogP contribution >= 0.6 is 0 Å². The summed E-state index contributed by atoms with van der Waals surface area (Å²) in [6.07, 6.45) is 6.05. The van der Waals surface area contributed by atoms with Crippen LogP contribution in [0.25, 0.3) is 11.1 Å². The van der Waals surface area contributed by atoms with Crippen LogP contribution < -0.4 is 0 Å². The van der Waals surface area contributed by atoms with Crippen molar-refractivity contribution in [1.29, 1.82) is 0 Å². The quantitative estimate of drug-likeness (QED) is 0.687. The van der Waals surface area contributed by atoms with Gasteiger partial charge in [-0.1, -0.05) is 62.6 Å². The van der Waals surface area contributed by atoms with Crippen LogP contribution in [0.15, 0.2) is 42.5 Å². The monoisotopic (exact) mass is 268 g/mol. The first-order chi connectivity index (χ1) is 9.74. The molecule has 2 rings (SSSR count). The van der Waals surface area contributed by atoms with Gasteiger partial charge in [0.05, 0.1) is 0 Å². The van der Waals surface area contributed by atoms with Gasteiger partial charge in [0.2, 0.25) is 0 Å². The lowest BCUT2D eigenvalue weighted by Crippen LogP contribution is -1.95. The molecule has 0 unspecified atom stereocenters. The molecule has 0 amide bonds. The van der Waals surface area contributed by atoms with Gasteiger partial charge in [0, 0.05) is 5.56 Å². The zero-order chi connectivity index (χ0) is 14.4. The summed E-state index contributed by atoms with van der Waals surface area (Å²) in [4.78, 5) is 0. The van der Waals surface area contributed by atoms with Crippen molar-refractivity contribution in [2.45, 2.75) is 46.0 Å². The van der Waals surface area contributed by atoms with E-state index in [2.05, 4.69) is 26.0 Å². The molecule has 20 heavy (non-hydrogen) atoms. The van der Waals surface area contributed by atoms with Crippen LogP contribution in [0.4, 0.5) is 0 Å². The molecule has 106 valence electrons. The molecule has 1 N–H and O–H groups in total. The number of phenolic OH excluding ortho intramolecular Hbond substituents is 1. The Hall–Kier alpha value is -1.76. The van der Waals surface area contributed by atoms with Gasteiger partial charge < -0.3 is 5.11 Å². The highest BCUT2D eigenvalue weighted by Gasteiger charge is 2.12. The molecule has 2 aromatic rings. The Morgan fingerprint density at radius 3 is 2.35 bits per heavy atom. The molecule has 0 fully saturated rings. The molecular formula is C19H24O. The lowest BCUT2D eigenvalue weighted by Gasteiger charge is -2.15. The van der Waals surface area contributed by atoms with E-state index in [4.69, 9.17) is 0 Å². The summed E-state index contributed by atoms with van der Waals surface area (Å²) < 4.78 is 0. The first-order valence-corrected chi connectivity index (χ1v) is 7.61. The molecule has 0 radical (unpaired) electrons. The van der Waals surface area contributed by atoms with E-state index in [1.165, 1.54) is 36.8 Å². The number of phenols is 1. The first kappa shape index (κ1) is 14.6. The maximum absolute atomic E-state index is 10.3. The minimum atomic E-state index is 0.396. The first-order valence-electron chi connectivity index (χ1n) is 7.61. The molecule has 1 nitrogen and oxygen atoms in total. The fourth-order valence-corrected chi connectivity index (χ4v) is 2.72. The van der Waals surface area contributed by atoms with Crippen LogP contribution in [0.3, 0.4) is 0 Å². The van der Waals surface area contributed by atoms with Gasteiger partial charge in [0.1, 0.15) is 5.75 Å². The van der Waals surface area contributed by atoms with Gasteiger partial charge in [-0.2, -0.15) is 0 Å². The third-order valence-electron chi connectivity index (χ3n) is 3.87. The lowest BCUT2D eigenvalue weighted by molar-refractivity contribution is 0.476. The SMILES string of the molecule is CCCCCCc1c(C)ccc(O)c1-c1ccccc1. The van der Waals surface area contributed by atoms with Gasteiger partial charge in [0.25, 0.3) is 0 Å². The molecule has 0 aliphatic rings. The van der Waals surface area contributed by atoms with E-state index in [1.54, 1.807) is 0 Å². The van der Waals surface area contributed by atoms with Crippen LogP contribution in [0.1, 0.15) is 43.7 Å². The van der Waals surface area contributed by atoms with Crippen LogP contribution in [0, 0.1) is 6.92 Å². The highest BCUT2D eigenvalue weighted by Crippen LogP contribution is 2.35. The second kappa shape index (κ2) is 7.14.